The zero-order valence-electron chi connectivity index (χ0n) is 10.7. The summed E-state index contributed by atoms with van der Waals surface area (Å²) in [4.78, 5) is 24.8. The minimum atomic E-state index is -1.34. The van der Waals surface area contributed by atoms with Gasteiger partial charge in [-0.2, -0.15) is 0 Å². The molecule has 5 nitrogen and oxygen atoms in total. The van der Waals surface area contributed by atoms with Crippen LogP contribution in [0.3, 0.4) is 0 Å². The van der Waals surface area contributed by atoms with Crippen LogP contribution < -0.4 is 5.32 Å². The van der Waals surface area contributed by atoms with Crippen molar-refractivity contribution in [2.75, 3.05) is 26.2 Å². The second kappa shape index (κ2) is 6.00. The maximum Gasteiger partial charge on any atom is 0.318 e. The summed E-state index contributed by atoms with van der Waals surface area (Å²) in [6.07, 6.45) is 3.40. The van der Waals surface area contributed by atoms with Crippen LogP contribution in [0.5, 0.6) is 0 Å². The van der Waals surface area contributed by atoms with E-state index in [1.165, 1.54) is 26.7 Å². The molecule has 5 heteroatoms. The largest absolute Gasteiger partial charge is 0.480 e. The van der Waals surface area contributed by atoms with Crippen LogP contribution in [0.15, 0.2) is 0 Å². The highest BCUT2D eigenvalue weighted by atomic mass is 16.4. The first kappa shape index (κ1) is 14.0. The average molecular weight is 242 g/mol. The molecule has 0 atom stereocenters. The van der Waals surface area contributed by atoms with E-state index in [2.05, 4.69) is 10.2 Å². The Morgan fingerprint density at radius 3 is 2.41 bits per heavy atom. The summed E-state index contributed by atoms with van der Waals surface area (Å²) in [7, 11) is 0. The lowest BCUT2D eigenvalue weighted by molar-refractivity contribution is -0.153. The van der Waals surface area contributed by atoms with Crippen molar-refractivity contribution in [1.29, 1.82) is 0 Å². The van der Waals surface area contributed by atoms with Crippen molar-refractivity contribution in [2.45, 2.75) is 33.1 Å². The molecule has 1 amide bonds. The molecule has 0 saturated carbocycles. The zero-order chi connectivity index (χ0) is 12.9. The van der Waals surface area contributed by atoms with Gasteiger partial charge in [0.1, 0.15) is 5.41 Å². The normalized spacial score (nSPS) is 17.1. The number of hydrogen-bond donors (Lipinski definition) is 2. The first-order valence-corrected chi connectivity index (χ1v) is 6.18. The predicted octanol–water partition coefficient (Wildman–Crippen LogP) is 0.699. The molecule has 1 aliphatic heterocycles. The van der Waals surface area contributed by atoms with E-state index in [-0.39, 0.29) is 0 Å². The number of carbonyl (C=O) groups is 2. The predicted molar refractivity (Wildman–Crippen MR) is 64.7 cm³/mol. The molecule has 1 heterocycles. The lowest BCUT2D eigenvalue weighted by Gasteiger charge is -2.19. The number of rotatable bonds is 6. The number of carboxylic acid groups (broad SMARTS) is 1. The third kappa shape index (κ3) is 4.00. The molecule has 17 heavy (non-hydrogen) atoms. The highest BCUT2D eigenvalue weighted by Gasteiger charge is 2.35. The maximum absolute atomic E-state index is 11.6. The molecule has 98 valence electrons. The van der Waals surface area contributed by atoms with Gasteiger partial charge in [0.2, 0.25) is 5.91 Å². The standard InChI is InChI=1S/C12H22N2O3/c1-12(2,11(16)17)10(15)13-6-5-9-14-7-3-4-8-14/h3-9H2,1-2H3,(H,13,15)(H,16,17). The minimum Gasteiger partial charge on any atom is -0.480 e. The van der Waals surface area contributed by atoms with Crippen LogP contribution in [0.2, 0.25) is 0 Å². The van der Waals surface area contributed by atoms with E-state index in [9.17, 15) is 9.59 Å². The number of amides is 1. The molecule has 0 bridgehead atoms. The molecule has 1 aliphatic rings. The van der Waals surface area contributed by atoms with Crippen molar-refractivity contribution >= 4 is 11.9 Å². The van der Waals surface area contributed by atoms with Gasteiger partial charge in [0.25, 0.3) is 0 Å². The minimum absolute atomic E-state index is 0.411. The van der Waals surface area contributed by atoms with E-state index in [0.717, 1.165) is 26.1 Å². The molecule has 1 fully saturated rings. The maximum atomic E-state index is 11.6. The number of nitrogens with one attached hydrogen (secondary N) is 1. The SMILES string of the molecule is CC(C)(C(=O)O)C(=O)NCCCN1CCCC1. The monoisotopic (exact) mass is 242 g/mol. The topological polar surface area (TPSA) is 69.6 Å². The van der Waals surface area contributed by atoms with Crippen LogP contribution in [0.25, 0.3) is 0 Å². The Bertz CT molecular complexity index is 283. The van der Waals surface area contributed by atoms with Crippen molar-refractivity contribution in [1.82, 2.24) is 10.2 Å². The van der Waals surface area contributed by atoms with Crippen molar-refractivity contribution < 1.29 is 14.7 Å². The summed E-state index contributed by atoms with van der Waals surface area (Å²) >= 11 is 0. The number of likely N-dealkylation sites (tertiary alicyclic amines) is 1. The van der Waals surface area contributed by atoms with Gasteiger partial charge in [-0.15, -0.1) is 0 Å². The average Bonchev–Trinajstić information content (AvgIpc) is 2.76. The number of aliphatic carboxylic acids is 1. The number of hydrogen-bond acceptors (Lipinski definition) is 3. The molecule has 0 radical (unpaired) electrons. The molecule has 1 rings (SSSR count). The van der Waals surface area contributed by atoms with Gasteiger partial charge in [-0.1, -0.05) is 0 Å². The summed E-state index contributed by atoms with van der Waals surface area (Å²) in [5.41, 5.74) is -1.34. The Balaban J connectivity index is 2.17. The van der Waals surface area contributed by atoms with E-state index in [1.54, 1.807) is 0 Å². The van der Waals surface area contributed by atoms with Crippen molar-refractivity contribution in [3.63, 3.8) is 0 Å². The molecule has 0 aliphatic carbocycles. The van der Waals surface area contributed by atoms with E-state index >= 15 is 0 Å². The Hall–Kier alpha value is -1.10. The lowest BCUT2D eigenvalue weighted by atomic mass is 9.93. The van der Waals surface area contributed by atoms with Gasteiger partial charge in [0.05, 0.1) is 0 Å². The van der Waals surface area contributed by atoms with Crippen molar-refractivity contribution in [2.24, 2.45) is 5.41 Å². The first-order chi connectivity index (χ1) is 7.94. The number of carboxylic acids is 1. The second-order valence-corrected chi connectivity index (χ2v) is 5.09. The summed E-state index contributed by atoms with van der Waals surface area (Å²) in [6.45, 7) is 6.67. The van der Waals surface area contributed by atoms with Gasteiger partial charge < -0.3 is 15.3 Å². The second-order valence-electron chi connectivity index (χ2n) is 5.09. The molecule has 2 N–H and O–H groups in total. The van der Waals surface area contributed by atoms with E-state index < -0.39 is 17.3 Å². The Morgan fingerprint density at radius 2 is 1.88 bits per heavy atom. The van der Waals surface area contributed by atoms with E-state index in [4.69, 9.17) is 5.11 Å². The van der Waals surface area contributed by atoms with Crippen LogP contribution in [-0.4, -0.2) is 48.1 Å². The Morgan fingerprint density at radius 1 is 1.29 bits per heavy atom. The van der Waals surface area contributed by atoms with Gasteiger partial charge in [0.15, 0.2) is 0 Å². The van der Waals surface area contributed by atoms with E-state index in [0.29, 0.717) is 6.54 Å². The molecule has 0 aromatic rings. The van der Waals surface area contributed by atoms with Gasteiger partial charge >= 0.3 is 5.97 Å². The van der Waals surface area contributed by atoms with Crippen molar-refractivity contribution in [3.8, 4) is 0 Å². The highest BCUT2D eigenvalue weighted by Crippen LogP contribution is 2.14. The van der Waals surface area contributed by atoms with Crippen LogP contribution in [0.4, 0.5) is 0 Å². The Labute approximate surface area is 102 Å². The zero-order valence-corrected chi connectivity index (χ0v) is 10.7. The van der Waals surface area contributed by atoms with Gasteiger partial charge in [-0.25, -0.2) is 0 Å². The van der Waals surface area contributed by atoms with Gasteiger partial charge in [-0.3, -0.25) is 9.59 Å². The van der Waals surface area contributed by atoms with Crippen LogP contribution >= 0.6 is 0 Å². The van der Waals surface area contributed by atoms with Crippen LogP contribution in [0, 0.1) is 5.41 Å². The summed E-state index contributed by atoms with van der Waals surface area (Å²) < 4.78 is 0. The molecular formula is C12H22N2O3. The van der Waals surface area contributed by atoms with Gasteiger partial charge in [0, 0.05) is 6.54 Å². The van der Waals surface area contributed by atoms with Crippen LogP contribution in [0.1, 0.15) is 33.1 Å². The highest BCUT2D eigenvalue weighted by molar-refractivity contribution is 6.00. The van der Waals surface area contributed by atoms with Gasteiger partial charge in [-0.05, 0) is 52.7 Å². The molecule has 1 saturated heterocycles. The Kier molecular flexibility index (Phi) is 4.93. The first-order valence-electron chi connectivity index (χ1n) is 6.18. The molecule has 0 spiro atoms. The van der Waals surface area contributed by atoms with Crippen LogP contribution in [-0.2, 0) is 9.59 Å². The number of nitrogens with zero attached hydrogens (tertiary/aromatic N) is 1. The van der Waals surface area contributed by atoms with Crippen molar-refractivity contribution in [3.05, 3.63) is 0 Å². The fourth-order valence-electron chi connectivity index (χ4n) is 1.83. The fraction of sp³-hybridized carbons (Fsp3) is 0.833. The summed E-state index contributed by atoms with van der Waals surface area (Å²) in [6, 6.07) is 0. The quantitative estimate of drug-likeness (QED) is 0.531. The third-order valence-corrected chi connectivity index (χ3v) is 3.24. The summed E-state index contributed by atoms with van der Waals surface area (Å²) in [5, 5.41) is 11.6. The molecule has 0 unspecified atom stereocenters. The molecular weight excluding hydrogens is 220 g/mol. The molecule has 0 aromatic heterocycles. The third-order valence-electron chi connectivity index (χ3n) is 3.24. The summed E-state index contributed by atoms with van der Waals surface area (Å²) in [5.74, 6) is -1.50. The lowest BCUT2D eigenvalue weighted by Crippen LogP contribution is -2.43. The number of carbonyl (C=O) groups excluding carboxylic acids is 1. The fourth-order valence-corrected chi connectivity index (χ4v) is 1.83. The smallest absolute Gasteiger partial charge is 0.318 e. The molecule has 0 aromatic carbocycles. The van der Waals surface area contributed by atoms with E-state index in [1.807, 2.05) is 0 Å².